The molecule has 1 aliphatic rings. The standard InChI is InChI=1S/C18H24N4O3S/c1-3-16(17-10-11-19-22(17)2)20-18(23)13-6-4-9-15(12-13)26(24,25)21-14-7-5-8-14/h4,6,9-12,14,16,21H,3,5,7-8H2,1-2H3,(H,20,23)/t16-/m0/s1. The third-order valence-electron chi connectivity index (χ3n) is 4.76. The molecule has 3 rings (SSSR count). The van der Waals surface area contributed by atoms with Gasteiger partial charge in [0, 0.05) is 24.8 Å². The number of hydrogen-bond acceptors (Lipinski definition) is 4. The molecule has 0 aliphatic heterocycles. The molecular formula is C18H24N4O3S. The first kappa shape index (κ1) is 18.6. The van der Waals surface area contributed by atoms with E-state index in [1.165, 1.54) is 12.1 Å². The number of carbonyl (C=O) groups is 1. The number of sulfonamides is 1. The largest absolute Gasteiger partial charge is 0.344 e. The van der Waals surface area contributed by atoms with E-state index in [2.05, 4.69) is 15.1 Å². The SMILES string of the molecule is CC[C@H](NC(=O)c1cccc(S(=O)(=O)NC2CCC2)c1)c1ccnn1C. The summed E-state index contributed by atoms with van der Waals surface area (Å²) in [5.74, 6) is -0.307. The van der Waals surface area contributed by atoms with Gasteiger partial charge in [0.2, 0.25) is 10.0 Å². The second-order valence-corrected chi connectivity index (χ2v) is 8.30. The molecule has 2 N–H and O–H groups in total. The minimum Gasteiger partial charge on any atom is -0.344 e. The highest BCUT2D eigenvalue weighted by Crippen LogP contribution is 2.22. The van der Waals surface area contributed by atoms with Crippen molar-refractivity contribution >= 4 is 15.9 Å². The summed E-state index contributed by atoms with van der Waals surface area (Å²) in [5, 5.41) is 7.08. The number of benzene rings is 1. The zero-order chi connectivity index (χ0) is 18.7. The zero-order valence-corrected chi connectivity index (χ0v) is 15.8. The van der Waals surface area contributed by atoms with Gasteiger partial charge in [0.1, 0.15) is 0 Å². The Bertz CT molecular complexity index is 887. The van der Waals surface area contributed by atoms with Gasteiger partial charge in [0.05, 0.1) is 16.6 Å². The maximum atomic E-state index is 12.6. The molecule has 0 radical (unpaired) electrons. The van der Waals surface area contributed by atoms with E-state index >= 15 is 0 Å². The Kier molecular flexibility index (Phi) is 5.43. The molecule has 1 fully saturated rings. The minimum absolute atomic E-state index is 0.00629. The Morgan fingerprint density at radius 1 is 1.35 bits per heavy atom. The predicted octanol–water partition coefficient (Wildman–Crippen LogP) is 2.13. The third kappa shape index (κ3) is 3.96. The molecule has 7 nitrogen and oxygen atoms in total. The molecule has 1 atom stereocenters. The Morgan fingerprint density at radius 3 is 2.69 bits per heavy atom. The van der Waals surface area contributed by atoms with Crippen LogP contribution < -0.4 is 10.0 Å². The van der Waals surface area contributed by atoms with Crippen molar-refractivity contribution in [3.8, 4) is 0 Å². The molecule has 1 heterocycles. The molecule has 0 spiro atoms. The number of nitrogens with zero attached hydrogens (tertiary/aromatic N) is 2. The Morgan fingerprint density at radius 2 is 2.12 bits per heavy atom. The smallest absolute Gasteiger partial charge is 0.251 e. The van der Waals surface area contributed by atoms with Gasteiger partial charge >= 0.3 is 0 Å². The summed E-state index contributed by atoms with van der Waals surface area (Å²) in [5.41, 5.74) is 1.22. The van der Waals surface area contributed by atoms with E-state index in [0.29, 0.717) is 12.0 Å². The molecule has 0 saturated heterocycles. The molecule has 2 aromatic rings. The average Bonchev–Trinajstić information content (AvgIpc) is 3.02. The van der Waals surface area contributed by atoms with Gasteiger partial charge < -0.3 is 5.32 Å². The lowest BCUT2D eigenvalue weighted by atomic mass is 9.94. The van der Waals surface area contributed by atoms with Crippen LogP contribution in [0.4, 0.5) is 0 Å². The predicted molar refractivity (Wildman–Crippen MR) is 98.1 cm³/mol. The van der Waals surface area contributed by atoms with Gasteiger partial charge in [-0.15, -0.1) is 0 Å². The lowest BCUT2D eigenvalue weighted by Crippen LogP contribution is -2.39. The number of aryl methyl sites for hydroxylation is 1. The summed E-state index contributed by atoms with van der Waals surface area (Å²) in [6.07, 6.45) is 5.16. The van der Waals surface area contributed by atoms with E-state index in [4.69, 9.17) is 0 Å². The van der Waals surface area contributed by atoms with Gasteiger partial charge in [-0.2, -0.15) is 5.10 Å². The van der Waals surface area contributed by atoms with Gasteiger partial charge in [-0.1, -0.05) is 19.4 Å². The van der Waals surface area contributed by atoms with E-state index in [1.807, 2.05) is 20.0 Å². The number of rotatable bonds is 7. The van der Waals surface area contributed by atoms with Crippen LogP contribution in [-0.2, 0) is 17.1 Å². The van der Waals surface area contributed by atoms with Crippen molar-refractivity contribution in [2.75, 3.05) is 0 Å². The number of carbonyl (C=O) groups excluding carboxylic acids is 1. The Hall–Kier alpha value is -2.19. The van der Waals surface area contributed by atoms with Crippen LogP contribution in [0, 0.1) is 0 Å². The highest BCUT2D eigenvalue weighted by Gasteiger charge is 2.25. The first-order valence-electron chi connectivity index (χ1n) is 8.82. The summed E-state index contributed by atoms with van der Waals surface area (Å²) in [6.45, 7) is 1.97. The summed E-state index contributed by atoms with van der Waals surface area (Å²) in [7, 11) is -1.78. The van der Waals surface area contributed by atoms with Gasteiger partial charge in [-0.05, 0) is 43.5 Å². The summed E-state index contributed by atoms with van der Waals surface area (Å²) in [4.78, 5) is 12.7. The third-order valence-corrected chi connectivity index (χ3v) is 6.28. The van der Waals surface area contributed by atoms with Crippen molar-refractivity contribution < 1.29 is 13.2 Å². The van der Waals surface area contributed by atoms with Crippen LogP contribution >= 0.6 is 0 Å². The monoisotopic (exact) mass is 376 g/mol. The number of aromatic nitrogens is 2. The number of amides is 1. The van der Waals surface area contributed by atoms with E-state index in [1.54, 1.807) is 23.0 Å². The molecular weight excluding hydrogens is 352 g/mol. The van der Waals surface area contributed by atoms with Crippen LogP contribution in [0.3, 0.4) is 0 Å². The van der Waals surface area contributed by atoms with E-state index < -0.39 is 10.0 Å². The normalized spacial score (nSPS) is 16.1. The molecule has 1 aromatic heterocycles. The van der Waals surface area contributed by atoms with Gasteiger partial charge in [-0.25, -0.2) is 13.1 Å². The number of nitrogens with one attached hydrogen (secondary N) is 2. The van der Waals surface area contributed by atoms with Crippen molar-refractivity contribution in [1.82, 2.24) is 19.8 Å². The maximum absolute atomic E-state index is 12.6. The fourth-order valence-corrected chi connectivity index (χ4v) is 4.32. The first-order valence-corrected chi connectivity index (χ1v) is 10.3. The summed E-state index contributed by atoms with van der Waals surface area (Å²) >= 11 is 0. The summed E-state index contributed by atoms with van der Waals surface area (Å²) in [6, 6.07) is 7.82. The second-order valence-electron chi connectivity index (χ2n) is 6.59. The Labute approximate surface area is 153 Å². The van der Waals surface area contributed by atoms with E-state index in [0.717, 1.165) is 25.0 Å². The fourth-order valence-electron chi connectivity index (χ4n) is 2.97. The van der Waals surface area contributed by atoms with Gasteiger partial charge in [0.15, 0.2) is 0 Å². The topological polar surface area (TPSA) is 93.1 Å². The van der Waals surface area contributed by atoms with Gasteiger partial charge in [-0.3, -0.25) is 9.48 Å². The quantitative estimate of drug-likeness (QED) is 0.774. The molecule has 1 aromatic carbocycles. The average molecular weight is 376 g/mol. The van der Waals surface area contributed by atoms with Crippen LogP contribution in [0.1, 0.15) is 54.7 Å². The molecule has 26 heavy (non-hydrogen) atoms. The van der Waals surface area contributed by atoms with Crippen molar-refractivity contribution in [2.45, 2.75) is 49.6 Å². The molecule has 140 valence electrons. The Balaban J connectivity index is 1.76. The fraction of sp³-hybridized carbons (Fsp3) is 0.444. The van der Waals surface area contributed by atoms with Crippen LogP contribution in [-0.4, -0.2) is 30.1 Å². The lowest BCUT2D eigenvalue weighted by molar-refractivity contribution is 0.0933. The summed E-state index contributed by atoms with van der Waals surface area (Å²) < 4.78 is 29.3. The van der Waals surface area contributed by atoms with E-state index in [9.17, 15) is 13.2 Å². The lowest BCUT2D eigenvalue weighted by Gasteiger charge is -2.26. The minimum atomic E-state index is -3.60. The van der Waals surface area contributed by atoms with Gasteiger partial charge in [0.25, 0.3) is 5.91 Å². The molecule has 1 amide bonds. The van der Waals surface area contributed by atoms with Crippen LogP contribution in [0.5, 0.6) is 0 Å². The van der Waals surface area contributed by atoms with Crippen molar-refractivity contribution in [3.05, 3.63) is 47.8 Å². The molecule has 0 bridgehead atoms. The molecule has 1 saturated carbocycles. The molecule has 1 aliphatic carbocycles. The first-order chi connectivity index (χ1) is 12.4. The van der Waals surface area contributed by atoms with Crippen molar-refractivity contribution in [1.29, 1.82) is 0 Å². The number of hydrogen-bond donors (Lipinski definition) is 2. The highest BCUT2D eigenvalue weighted by atomic mass is 32.2. The second kappa shape index (κ2) is 7.59. The maximum Gasteiger partial charge on any atom is 0.251 e. The molecule has 0 unspecified atom stereocenters. The van der Waals surface area contributed by atoms with Crippen LogP contribution in [0.15, 0.2) is 41.4 Å². The van der Waals surface area contributed by atoms with Crippen molar-refractivity contribution in [2.24, 2.45) is 7.05 Å². The molecule has 8 heteroatoms. The van der Waals surface area contributed by atoms with E-state index in [-0.39, 0.29) is 22.9 Å². The highest BCUT2D eigenvalue weighted by molar-refractivity contribution is 7.89. The van der Waals surface area contributed by atoms with Crippen LogP contribution in [0.2, 0.25) is 0 Å². The van der Waals surface area contributed by atoms with Crippen molar-refractivity contribution in [3.63, 3.8) is 0 Å². The zero-order valence-electron chi connectivity index (χ0n) is 15.0. The van der Waals surface area contributed by atoms with Crippen LogP contribution in [0.25, 0.3) is 0 Å².